The highest BCUT2D eigenvalue weighted by atomic mass is 32.2. The molecule has 0 fully saturated rings. The second-order valence-electron chi connectivity index (χ2n) is 5.22. The van der Waals surface area contributed by atoms with E-state index < -0.39 is 19.9 Å². The van der Waals surface area contributed by atoms with E-state index in [-0.39, 0.29) is 21.2 Å². The Morgan fingerprint density at radius 3 is 2.04 bits per heavy atom. The predicted molar refractivity (Wildman–Crippen MR) is 88.0 cm³/mol. The number of phenols is 1. The summed E-state index contributed by atoms with van der Waals surface area (Å²) >= 11 is 0. The van der Waals surface area contributed by atoms with Gasteiger partial charge in [-0.15, -0.1) is 0 Å². The Labute approximate surface area is 136 Å². The van der Waals surface area contributed by atoms with Gasteiger partial charge in [0.05, 0.1) is 10.6 Å². The lowest BCUT2D eigenvalue weighted by molar-refractivity contribution is 0.475. The molecule has 2 aromatic rings. The molecule has 0 bridgehead atoms. The van der Waals surface area contributed by atoms with Crippen LogP contribution in [-0.2, 0) is 19.9 Å². The highest BCUT2D eigenvalue weighted by molar-refractivity contribution is 7.95. The summed E-state index contributed by atoms with van der Waals surface area (Å²) in [5.74, 6) is -0.0709. The van der Waals surface area contributed by atoms with Gasteiger partial charge in [-0.2, -0.15) is 0 Å². The van der Waals surface area contributed by atoms with Crippen LogP contribution in [0.15, 0.2) is 52.3 Å². The Kier molecular flexibility index (Phi) is 4.41. The summed E-state index contributed by atoms with van der Waals surface area (Å²) < 4.78 is 50.2. The van der Waals surface area contributed by atoms with Gasteiger partial charge in [-0.05, 0) is 36.8 Å². The molecule has 0 aromatic heterocycles. The molecule has 0 spiro atoms. The van der Waals surface area contributed by atoms with Crippen molar-refractivity contribution in [2.45, 2.75) is 16.7 Å². The zero-order chi connectivity index (χ0) is 17.4. The first-order chi connectivity index (χ1) is 10.5. The summed E-state index contributed by atoms with van der Waals surface area (Å²) in [6.45, 7) is 1.72. The molecular weight excluding hydrogens is 338 g/mol. The van der Waals surface area contributed by atoms with Crippen LogP contribution in [-0.4, -0.2) is 35.2 Å². The Morgan fingerprint density at radius 2 is 1.52 bits per heavy atom. The van der Waals surface area contributed by atoms with Crippen LogP contribution in [0, 0.1) is 6.92 Å². The number of rotatable bonds is 4. The maximum atomic E-state index is 12.8. The third kappa shape index (κ3) is 3.48. The Hall–Kier alpha value is -2.06. The minimum absolute atomic E-state index is 0.0709. The third-order valence-electron chi connectivity index (χ3n) is 3.30. The molecule has 2 aromatic carbocycles. The fourth-order valence-electron chi connectivity index (χ4n) is 2.18. The van der Waals surface area contributed by atoms with Gasteiger partial charge in [-0.25, -0.2) is 16.8 Å². The molecule has 0 saturated heterocycles. The predicted octanol–water partition coefficient (Wildman–Crippen LogP) is 1.93. The van der Waals surface area contributed by atoms with E-state index in [0.717, 1.165) is 10.6 Å². The standard InChI is InChI=1S/C15H17NO5S2/c1-11-8-12(10-13(17)9-11)16(2)23(20,21)15-7-5-4-6-14(15)22(3,18)19/h4-10,17H,1-3H3. The molecule has 0 aliphatic carbocycles. The average Bonchev–Trinajstić information content (AvgIpc) is 2.44. The smallest absolute Gasteiger partial charge is 0.265 e. The summed E-state index contributed by atoms with van der Waals surface area (Å²) in [5, 5.41) is 9.65. The molecule has 0 radical (unpaired) electrons. The van der Waals surface area contributed by atoms with Crippen LogP contribution >= 0.6 is 0 Å². The SMILES string of the molecule is Cc1cc(O)cc(N(C)S(=O)(=O)c2ccccc2S(C)(=O)=O)c1. The molecule has 0 aliphatic heterocycles. The molecule has 0 heterocycles. The summed E-state index contributed by atoms with van der Waals surface area (Å²) in [7, 11) is -6.49. The maximum absolute atomic E-state index is 12.8. The summed E-state index contributed by atoms with van der Waals surface area (Å²) in [5.41, 5.74) is 0.921. The minimum atomic E-state index is -4.10. The molecule has 0 unspecified atom stereocenters. The molecule has 124 valence electrons. The number of sulfone groups is 1. The fraction of sp³-hybridized carbons (Fsp3) is 0.200. The number of anilines is 1. The van der Waals surface area contributed by atoms with Gasteiger partial charge in [0.15, 0.2) is 9.84 Å². The first kappa shape index (κ1) is 17.3. The number of hydrogen-bond donors (Lipinski definition) is 1. The van der Waals surface area contributed by atoms with Crippen LogP contribution in [0.4, 0.5) is 5.69 Å². The van der Waals surface area contributed by atoms with Gasteiger partial charge >= 0.3 is 0 Å². The summed E-state index contributed by atoms with van der Waals surface area (Å²) in [4.78, 5) is -0.560. The normalized spacial score (nSPS) is 12.1. The van der Waals surface area contributed by atoms with Gasteiger partial charge in [0, 0.05) is 19.4 Å². The lowest BCUT2D eigenvalue weighted by Gasteiger charge is -2.21. The van der Waals surface area contributed by atoms with E-state index in [1.807, 2.05) is 0 Å². The van der Waals surface area contributed by atoms with Gasteiger partial charge in [-0.3, -0.25) is 4.31 Å². The first-order valence-electron chi connectivity index (χ1n) is 6.62. The van der Waals surface area contributed by atoms with Crippen molar-refractivity contribution in [3.63, 3.8) is 0 Å². The largest absolute Gasteiger partial charge is 0.508 e. The van der Waals surface area contributed by atoms with Crippen molar-refractivity contribution in [3.8, 4) is 5.75 Å². The van der Waals surface area contributed by atoms with Gasteiger partial charge in [0.1, 0.15) is 10.6 Å². The van der Waals surface area contributed by atoms with Gasteiger partial charge in [0.2, 0.25) is 0 Å². The molecule has 2 rings (SSSR count). The molecule has 1 N–H and O–H groups in total. The molecule has 0 aliphatic rings. The van der Waals surface area contributed by atoms with E-state index in [2.05, 4.69) is 0 Å². The monoisotopic (exact) mass is 355 g/mol. The molecule has 0 saturated carbocycles. The van der Waals surface area contributed by atoms with E-state index in [1.54, 1.807) is 13.0 Å². The van der Waals surface area contributed by atoms with Crippen LogP contribution in [0.1, 0.15) is 5.56 Å². The Morgan fingerprint density at radius 1 is 0.957 bits per heavy atom. The third-order valence-corrected chi connectivity index (χ3v) is 6.43. The van der Waals surface area contributed by atoms with Crippen molar-refractivity contribution in [2.75, 3.05) is 17.6 Å². The zero-order valence-electron chi connectivity index (χ0n) is 12.9. The van der Waals surface area contributed by atoms with E-state index in [4.69, 9.17) is 0 Å². The van der Waals surface area contributed by atoms with Gasteiger partial charge < -0.3 is 5.11 Å². The molecule has 23 heavy (non-hydrogen) atoms. The fourth-order valence-corrected chi connectivity index (χ4v) is 4.96. The quantitative estimate of drug-likeness (QED) is 0.905. The molecule has 0 atom stereocenters. The average molecular weight is 355 g/mol. The van der Waals surface area contributed by atoms with Crippen molar-refractivity contribution in [1.29, 1.82) is 0 Å². The lowest BCUT2D eigenvalue weighted by atomic mass is 10.2. The Balaban J connectivity index is 2.64. The van der Waals surface area contributed by atoms with Crippen LogP contribution in [0.3, 0.4) is 0 Å². The van der Waals surface area contributed by atoms with Gasteiger partial charge in [-0.1, -0.05) is 12.1 Å². The van der Waals surface area contributed by atoms with Crippen molar-refractivity contribution in [1.82, 2.24) is 0 Å². The van der Waals surface area contributed by atoms with Crippen molar-refractivity contribution in [2.24, 2.45) is 0 Å². The lowest BCUT2D eigenvalue weighted by Crippen LogP contribution is -2.28. The number of nitrogens with zero attached hydrogens (tertiary/aromatic N) is 1. The zero-order valence-corrected chi connectivity index (χ0v) is 14.5. The van der Waals surface area contributed by atoms with Crippen molar-refractivity contribution in [3.05, 3.63) is 48.0 Å². The van der Waals surface area contributed by atoms with Crippen LogP contribution < -0.4 is 4.31 Å². The van der Waals surface area contributed by atoms with Crippen LogP contribution in [0.25, 0.3) is 0 Å². The van der Waals surface area contributed by atoms with E-state index in [9.17, 15) is 21.9 Å². The highest BCUT2D eigenvalue weighted by Crippen LogP contribution is 2.29. The maximum Gasteiger partial charge on any atom is 0.265 e. The number of aromatic hydroxyl groups is 1. The number of sulfonamides is 1. The molecule has 6 nitrogen and oxygen atoms in total. The molecule has 0 amide bonds. The van der Waals surface area contributed by atoms with Crippen molar-refractivity contribution < 1.29 is 21.9 Å². The second kappa shape index (κ2) is 5.86. The number of aryl methyl sites for hydroxylation is 1. The second-order valence-corrected chi connectivity index (χ2v) is 9.14. The number of phenolic OH excluding ortho intramolecular Hbond substituents is 1. The summed E-state index contributed by atoms with van der Waals surface area (Å²) in [6, 6.07) is 9.81. The van der Waals surface area contributed by atoms with Crippen LogP contribution in [0.5, 0.6) is 5.75 Å². The van der Waals surface area contributed by atoms with E-state index in [1.165, 1.54) is 43.4 Å². The number of benzene rings is 2. The van der Waals surface area contributed by atoms with E-state index >= 15 is 0 Å². The topological polar surface area (TPSA) is 91.8 Å². The molecular formula is C15H17NO5S2. The summed E-state index contributed by atoms with van der Waals surface area (Å²) in [6.07, 6.45) is 0.958. The number of hydrogen-bond acceptors (Lipinski definition) is 5. The van der Waals surface area contributed by atoms with Crippen molar-refractivity contribution >= 4 is 25.5 Å². The Bertz CT molecular complexity index is 929. The minimum Gasteiger partial charge on any atom is -0.508 e. The van der Waals surface area contributed by atoms with E-state index in [0.29, 0.717) is 5.56 Å². The van der Waals surface area contributed by atoms with Crippen LogP contribution in [0.2, 0.25) is 0 Å². The highest BCUT2D eigenvalue weighted by Gasteiger charge is 2.28. The van der Waals surface area contributed by atoms with Gasteiger partial charge in [0.25, 0.3) is 10.0 Å². The first-order valence-corrected chi connectivity index (χ1v) is 9.95. The molecule has 8 heteroatoms.